The number of fused-ring (bicyclic) bond motifs is 1. The summed E-state index contributed by atoms with van der Waals surface area (Å²) >= 11 is 0. The van der Waals surface area contributed by atoms with Gasteiger partial charge in [0.1, 0.15) is 11.5 Å². The first kappa shape index (κ1) is 18.2. The first-order valence-electron chi connectivity index (χ1n) is 8.10. The van der Waals surface area contributed by atoms with Crippen LogP contribution in [0, 0.1) is 10.1 Å². The van der Waals surface area contributed by atoms with Gasteiger partial charge in [0.05, 0.1) is 16.7 Å². The number of rotatable bonds is 5. The Balaban J connectivity index is 1.64. The lowest BCUT2D eigenvalue weighted by Crippen LogP contribution is -2.42. The fourth-order valence-electron chi connectivity index (χ4n) is 2.62. The molecule has 2 aromatic rings. The Morgan fingerprint density at radius 2 is 2.11 bits per heavy atom. The van der Waals surface area contributed by atoms with Crippen LogP contribution in [0.1, 0.15) is 6.92 Å². The van der Waals surface area contributed by atoms with E-state index in [1.165, 1.54) is 29.2 Å². The molecule has 0 unspecified atom stereocenters. The summed E-state index contributed by atoms with van der Waals surface area (Å²) in [5.41, 5.74) is 0.902. The molecule has 2 aromatic carbocycles. The van der Waals surface area contributed by atoms with Gasteiger partial charge >= 0.3 is 0 Å². The standard InChI is InChI=1S/C18H17N3O6/c1-11-18(23)20(2)15-8-12(6-7-16(15)27-11)19-17(22)10-26-14-5-3-4-13(9-14)21(24)25/h3-9,11H,10H2,1-2H3,(H,19,22)/t11-/m0/s1. The summed E-state index contributed by atoms with van der Waals surface area (Å²) in [5.74, 6) is 0.147. The number of carbonyl (C=O) groups excluding carboxylic acids is 2. The third-order valence-corrected chi connectivity index (χ3v) is 3.98. The van der Waals surface area contributed by atoms with Crippen molar-refractivity contribution in [1.82, 2.24) is 0 Å². The van der Waals surface area contributed by atoms with Crippen molar-refractivity contribution in [3.05, 3.63) is 52.6 Å². The van der Waals surface area contributed by atoms with E-state index in [2.05, 4.69) is 5.32 Å². The molecule has 0 radical (unpaired) electrons. The fraction of sp³-hybridized carbons (Fsp3) is 0.222. The maximum absolute atomic E-state index is 12.1. The summed E-state index contributed by atoms with van der Waals surface area (Å²) in [6.45, 7) is 1.35. The van der Waals surface area contributed by atoms with E-state index in [0.29, 0.717) is 17.1 Å². The van der Waals surface area contributed by atoms with Crippen LogP contribution < -0.4 is 19.7 Å². The van der Waals surface area contributed by atoms with E-state index >= 15 is 0 Å². The number of ether oxygens (including phenoxy) is 2. The van der Waals surface area contributed by atoms with Crippen LogP contribution in [0.3, 0.4) is 0 Å². The number of benzene rings is 2. The lowest BCUT2D eigenvalue weighted by Gasteiger charge is -2.30. The van der Waals surface area contributed by atoms with Crippen molar-refractivity contribution in [3.8, 4) is 11.5 Å². The lowest BCUT2D eigenvalue weighted by molar-refractivity contribution is -0.384. The highest BCUT2D eigenvalue weighted by Crippen LogP contribution is 2.35. The molecule has 0 saturated heterocycles. The van der Waals surface area contributed by atoms with Gasteiger partial charge in [0.25, 0.3) is 17.5 Å². The average Bonchev–Trinajstić information content (AvgIpc) is 2.65. The molecule has 0 aromatic heterocycles. The molecule has 1 aliphatic heterocycles. The molecule has 1 atom stereocenters. The second-order valence-corrected chi connectivity index (χ2v) is 5.93. The van der Waals surface area contributed by atoms with Gasteiger partial charge in [-0.05, 0) is 31.2 Å². The van der Waals surface area contributed by atoms with Crippen LogP contribution in [-0.2, 0) is 9.59 Å². The van der Waals surface area contributed by atoms with Crippen LogP contribution >= 0.6 is 0 Å². The summed E-state index contributed by atoms with van der Waals surface area (Å²) in [5, 5.41) is 13.4. The van der Waals surface area contributed by atoms with E-state index in [9.17, 15) is 19.7 Å². The molecule has 9 nitrogen and oxygen atoms in total. The Morgan fingerprint density at radius 3 is 2.85 bits per heavy atom. The number of nitro benzene ring substituents is 1. The van der Waals surface area contributed by atoms with Gasteiger partial charge in [-0.2, -0.15) is 0 Å². The largest absolute Gasteiger partial charge is 0.484 e. The van der Waals surface area contributed by atoms with Crippen molar-refractivity contribution in [2.45, 2.75) is 13.0 Å². The van der Waals surface area contributed by atoms with Gasteiger partial charge in [0.2, 0.25) is 0 Å². The molecule has 1 heterocycles. The summed E-state index contributed by atoms with van der Waals surface area (Å²) in [4.78, 5) is 35.8. The van der Waals surface area contributed by atoms with E-state index in [0.717, 1.165) is 0 Å². The number of nitrogens with zero attached hydrogens (tertiary/aromatic N) is 2. The SMILES string of the molecule is C[C@@H]1Oc2ccc(NC(=O)COc3cccc([N+](=O)[O-])c3)cc2N(C)C1=O. The fourth-order valence-corrected chi connectivity index (χ4v) is 2.62. The van der Waals surface area contributed by atoms with Gasteiger partial charge in [-0.15, -0.1) is 0 Å². The molecule has 2 amide bonds. The number of likely N-dealkylation sites (N-methyl/N-ethyl adjacent to an activating group) is 1. The molecule has 9 heteroatoms. The number of nitrogens with one attached hydrogen (secondary N) is 1. The molecular formula is C18H17N3O6. The molecular weight excluding hydrogens is 354 g/mol. The third-order valence-electron chi connectivity index (χ3n) is 3.98. The highest BCUT2D eigenvalue weighted by molar-refractivity contribution is 6.00. The second-order valence-electron chi connectivity index (χ2n) is 5.93. The summed E-state index contributed by atoms with van der Waals surface area (Å²) in [6.07, 6.45) is -0.564. The Bertz CT molecular complexity index is 914. The minimum Gasteiger partial charge on any atom is -0.484 e. The predicted octanol–water partition coefficient (Wildman–Crippen LogP) is 2.36. The molecule has 1 N–H and O–H groups in total. The van der Waals surface area contributed by atoms with E-state index in [1.54, 1.807) is 32.2 Å². The maximum Gasteiger partial charge on any atom is 0.273 e. The number of hydrogen-bond acceptors (Lipinski definition) is 6. The molecule has 3 rings (SSSR count). The normalized spacial score (nSPS) is 15.6. The maximum atomic E-state index is 12.1. The van der Waals surface area contributed by atoms with Gasteiger partial charge in [0, 0.05) is 18.8 Å². The van der Waals surface area contributed by atoms with Crippen LogP contribution in [0.5, 0.6) is 11.5 Å². The highest BCUT2D eigenvalue weighted by Gasteiger charge is 2.29. The first-order chi connectivity index (χ1) is 12.8. The van der Waals surface area contributed by atoms with Crippen molar-refractivity contribution in [2.24, 2.45) is 0 Å². The smallest absolute Gasteiger partial charge is 0.273 e. The van der Waals surface area contributed by atoms with Crippen molar-refractivity contribution in [2.75, 3.05) is 23.9 Å². The molecule has 0 saturated carbocycles. The van der Waals surface area contributed by atoms with Gasteiger partial charge < -0.3 is 19.7 Å². The Kier molecular flexibility index (Phi) is 4.93. The monoisotopic (exact) mass is 371 g/mol. The predicted molar refractivity (Wildman–Crippen MR) is 97.2 cm³/mol. The molecule has 27 heavy (non-hydrogen) atoms. The zero-order valence-electron chi connectivity index (χ0n) is 14.7. The van der Waals surface area contributed by atoms with E-state index < -0.39 is 16.9 Å². The van der Waals surface area contributed by atoms with Crippen molar-refractivity contribution < 1.29 is 24.0 Å². The zero-order chi connectivity index (χ0) is 19.6. The Hall–Kier alpha value is -3.62. The van der Waals surface area contributed by atoms with Crippen LogP contribution in [-0.4, -0.2) is 36.5 Å². The van der Waals surface area contributed by atoms with E-state index in [4.69, 9.17) is 9.47 Å². The molecule has 0 spiro atoms. The number of carbonyl (C=O) groups is 2. The van der Waals surface area contributed by atoms with Crippen LogP contribution in [0.4, 0.5) is 17.1 Å². The minimum absolute atomic E-state index is 0.121. The average molecular weight is 371 g/mol. The number of non-ortho nitro benzene ring substituents is 1. The van der Waals surface area contributed by atoms with Crippen LogP contribution in [0.25, 0.3) is 0 Å². The second kappa shape index (κ2) is 7.32. The molecule has 1 aliphatic rings. The van der Waals surface area contributed by atoms with E-state index in [1.807, 2.05) is 0 Å². The third kappa shape index (κ3) is 3.97. The van der Waals surface area contributed by atoms with Crippen molar-refractivity contribution in [1.29, 1.82) is 0 Å². The number of nitro groups is 1. The number of amides is 2. The Labute approximate surface area is 154 Å². The number of anilines is 2. The number of hydrogen-bond donors (Lipinski definition) is 1. The summed E-state index contributed by atoms with van der Waals surface area (Å²) in [7, 11) is 1.64. The van der Waals surface area contributed by atoms with Gasteiger partial charge in [-0.25, -0.2) is 0 Å². The summed E-state index contributed by atoms with van der Waals surface area (Å²) in [6, 6.07) is 10.5. The van der Waals surface area contributed by atoms with Crippen molar-refractivity contribution >= 4 is 28.9 Å². The minimum atomic E-state index is -0.564. The van der Waals surface area contributed by atoms with Crippen LogP contribution in [0.15, 0.2) is 42.5 Å². The first-order valence-corrected chi connectivity index (χ1v) is 8.10. The highest BCUT2D eigenvalue weighted by atomic mass is 16.6. The summed E-state index contributed by atoms with van der Waals surface area (Å²) < 4.78 is 10.8. The zero-order valence-corrected chi connectivity index (χ0v) is 14.7. The lowest BCUT2D eigenvalue weighted by atomic mass is 10.2. The Morgan fingerprint density at radius 1 is 1.33 bits per heavy atom. The van der Waals surface area contributed by atoms with Gasteiger partial charge in [0.15, 0.2) is 12.7 Å². The van der Waals surface area contributed by atoms with E-state index in [-0.39, 0.29) is 24.0 Å². The van der Waals surface area contributed by atoms with Crippen LogP contribution in [0.2, 0.25) is 0 Å². The molecule has 0 aliphatic carbocycles. The molecule has 0 fully saturated rings. The molecule has 0 bridgehead atoms. The van der Waals surface area contributed by atoms with Gasteiger partial charge in [-0.3, -0.25) is 19.7 Å². The van der Waals surface area contributed by atoms with Gasteiger partial charge in [-0.1, -0.05) is 6.07 Å². The molecule has 140 valence electrons. The topological polar surface area (TPSA) is 111 Å². The van der Waals surface area contributed by atoms with Crippen molar-refractivity contribution in [3.63, 3.8) is 0 Å². The quantitative estimate of drug-likeness (QED) is 0.638.